The van der Waals surface area contributed by atoms with Crippen LogP contribution in [0.3, 0.4) is 0 Å². The maximum Gasteiger partial charge on any atom is 0.342 e. The molecule has 1 unspecified atom stereocenters. The van der Waals surface area contributed by atoms with Crippen molar-refractivity contribution in [3.8, 4) is 34.5 Å². The third kappa shape index (κ3) is 8.85. The molecule has 3 aromatic carbocycles. The molecule has 2 aliphatic rings. The quantitative estimate of drug-likeness (QED) is 0.0960. The normalized spacial score (nSPS) is 16.1. The van der Waals surface area contributed by atoms with Crippen LogP contribution < -0.4 is 28.4 Å². The first-order valence-electron chi connectivity index (χ1n) is 17.2. The molecule has 0 saturated heterocycles. The van der Waals surface area contributed by atoms with Gasteiger partial charge in [0.1, 0.15) is 24.7 Å². The standard InChI is InChI=1S/C38H42FN3O12/c1-45-29-7-5-27(6-8-29)38(44)30(35(37(43)54-38)26-4-9-31-32(21-26)53-24-52-31)18-25-19-33(46-2)36(47-3)34(20-25)51-23-28-22-42(41-40-28)11-13-49-15-17-50-16-14-48-12-10-39/h4-9,19-22,44H,10-18,23-24H2,1-3H3. The van der Waals surface area contributed by atoms with E-state index in [1.807, 2.05) is 0 Å². The minimum Gasteiger partial charge on any atom is -0.497 e. The van der Waals surface area contributed by atoms with Crippen molar-refractivity contribution in [1.29, 1.82) is 0 Å². The fourth-order valence-corrected chi connectivity index (χ4v) is 5.96. The van der Waals surface area contributed by atoms with Crippen LogP contribution in [0.5, 0.6) is 34.5 Å². The second-order valence-electron chi connectivity index (χ2n) is 12.0. The molecule has 0 radical (unpaired) electrons. The second-order valence-corrected chi connectivity index (χ2v) is 12.0. The van der Waals surface area contributed by atoms with E-state index in [1.54, 1.807) is 65.5 Å². The molecule has 15 nitrogen and oxygen atoms in total. The van der Waals surface area contributed by atoms with Gasteiger partial charge in [-0.2, -0.15) is 0 Å². The largest absolute Gasteiger partial charge is 0.497 e. The van der Waals surface area contributed by atoms with Crippen LogP contribution in [-0.4, -0.2) is 101 Å². The van der Waals surface area contributed by atoms with E-state index in [2.05, 4.69) is 10.3 Å². The van der Waals surface area contributed by atoms with Gasteiger partial charge in [0.2, 0.25) is 12.5 Å². The molecule has 54 heavy (non-hydrogen) atoms. The lowest BCUT2D eigenvalue weighted by atomic mass is 9.88. The number of carbonyl (C=O) groups is 1. The molecule has 16 heteroatoms. The number of rotatable bonds is 21. The third-order valence-electron chi connectivity index (χ3n) is 8.58. The molecule has 0 fully saturated rings. The van der Waals surface area contributed by atoms with E-state index in [1.165, 1.54) is 21.3 Å². The average molecular weight is 752 g/mol. The Kier molecular flexibility index (Phi) is 12.8. The van der Waals surface area contributed by atoms with Gasteiger partial charge in [0, 0.05) is 17.6 Å². The van der Waals surface area contributed by atoms with Crippen molar-refractivity contribution in [3.63, 3.8) is 0 Å². The van der Waals surface area contributed by atoms with Crippen molar-refractivity contribution in [1.82, 2.24) is 15.0 Å². The number of ether oxygens (including phenoxy) is 10. The van der Waals surface area contributed by atoms with Gasteiger partial charge in [-0.15, -0.1) is 5.10 Å². The van der Waals surface area contributed by atoms with Crippen molar-refractivity contribution in [2.75, 3.05) is 74.4 Å². The fourth-order valence-electron chi connectivity index (χ4n) is 5.96. The van der Waals surface area contributed by atoms with E-state index in [9.17, 15) is 14.3 Å². The predicted octanol–water partition coefficient (Wildman–Crippen LogP) is 4.03. The zero-order chi connectivity index (χ0) is 37.9. The Hall–Kier alpha value is -5.42. The summed E-state index contributed by atoms with van der Waals surface area (Å²) in [4.78, 5) is 13.7. The summed E-state index contributed by atoms with van der Waals surface area (Å²) in [7, 11) is 4.54. The van der Waals surface area contributed by atoms with Gasteiger partial charge >= 0.3 is 5.97 Å². The van der Waals surface area contributed by atoms with Crippen molar-refractivity contribution < 1.29 is 61.7 Å². The van der Waals surface area contributed by atoms with Crippen molar-refractivity contribution >= 4 is 11.5 Å². The Labute approximate surface area is 311 Å². The number of nitrogens with zero attached hydrogens (tertiary/aromatic N) is 3. The smallest absolute Gasteiger partial charge is 0.342 e. The summed E-state index contributed by atoms with van der Waals surface area (Å²) in [6.45, 7) is 1.98. The summed E-state index contributed by atoms with van der Waals surface area (Å²) in [5.41, 5.74) is 2.45. The first kappa shape index (κ1) is 38.3. The first-order chi connectivity index (χ1) is 26.4. The van der Waals surface area contributed by atoms with E-state index in [0.29, 0.717) is 96.5 Å². The molecule has 1 N–H and O–H groups in total. The van der Waals surface area contributed by atoms with E-state index in [-0.39, 0.29) is 37.6 Å². The number of methoxy groups -OCH3 is 3. The SMILES string of the molecule is COc1ccc(C2(O)OC(=O)C(c3ccc4c(c3)OCO4)=C2Cc2cc(OC)c(OC)c(OCc3cn(CCOCCOCCOCCF)nn3)c2)cc1. The third-order valence-corrected chi connectivity index (χ3v) is 8.58. The van der Waals surface area contributed by atoms with Crippen LogP contribution in [0.15, 0.2) is 66.4 Å². The molecule has 0 spiro atoms. The van der Waals surface area contributed by atoms with Gasteiger partial charge in [-0.1, -0.05) is 11.3 Å². The lowest BCUT2D eigenvalue weighted by molar-refractivity contribution is -0.185. The molecule has 1 atom stereocenters. The number of hydrogen-bond donors (Lipinski definition) is 1. The summed E-state index contributed by atoms with van der Waals surface area (Å²) >= 11 is 0. The van der Waals surface area contributed by atoms with Gasteiger partial charge in [-0.05, 0) is 59.7 Å². The van der Waals surface area contributed by atoms with Gasteiger partial charge in [0.15, 0.2) is 23.0 Å². The highest BCUT2D eigenvalue weighted by atomic mass is 19.1. The number of cyclic esters (lactones) is 1. The Balaban J connectivity index is 1.20. The van der Waals surface area contributed by atoms with Gasteiger partial charge in [0.25, 0.3) is 5.79 Å². The van der Waals surface area contributed by atoms with Gasteiger partial charge in [-0.3, -0.25) is 0 Å². The highest BCUT2D eigenvalue weighted by molar-refractivity contribution is 6.20. The van der Waals surface area contributed by atoms with Crippen LogP contribution >= 0.6 is 0 Å². The number of alkyl halides is 1. The monoisotopic (exact) mass is 751 g/mol. The maximum atomic E-state index is 13.7. The van der Waals surface area contributed by atoms with Crippen LogP contribution in [0.1, 0.15) is 22.4 Å². The number of fused-ring (bicyclic) bond motifs is 1. The topological polar surface area (TPSA) is 160 Å². The van der Waals surface area contributed by atoms with E-state index in [0.717, 1.165) is 0 Å². The number of aromatic nitrogens is 3. The molecule has 0 bridgehead atoms. The summed E-state index contributed by atoms with van der Waals surface area (Å²) in [6.07, 6.45) is 1.79. The first-order valence-corrected chi connectivity index (χ1v) is 17.2. The fraction of sp³-hybridized carbons (Fsp3) is 0.395. The van der Waals surface area contributed by atoms with Gasteiger partial charge in [-0.25, -0.2) is 13.9 Å². The highest BCUT2D eigenvalue weighted by Crippen LogP contribution is 2.48. The molecule has 4 aromatic rings. The second kappa shape index (κ2) is 18.1. The molecule has 0 saturated carbocycles. The van der Waals surface area contributed by atoms with Crippen LogP contribution in [0.4, 0.5) is 4.39 Å². The predicted molar refractivity (Wildman–Crippen MR) is 189 cm³/mol. The van der Waals surface area contributed by atoms with E-state index in [4.69, 9.17) is 47.4 Å². The molecule has 2 aliphatic heterocycles. The summed E-state index contributed by atoms with van der Waals surface area (Å²) < 4.78 is 69.4. The van der Waals surface area contributed by atoms with E-state index >= 15 is 0 Å². The number of halogens is 1. The molecule has 0 aliphatic carbocycles. The van der Waals surface area contributed by atoms with Crippen LogP contribution in [0.2, 0.25) is 0 Å². The molecule has 1 aromatic heterocycles. The van der Waals surface area contributed by atoms with Crippen LogP contribution in [-0.2, 0) is 49.1 Å². The Bertz CT molecular complexity index is 1920. The Morgan fingerprint density at radius 3 is 2.30 bits per heavy atom. The highest BCUT2D eigenvalue weighted by Gasteiger charge is 2.48. The summed E-state index contributed by atoms with van der Waals surface area (Å²) in [5, 5.41) is 20.6. The molecule has 0 amide bonds. The maximum absolute atomic E-state index is 13.7. The van der Waals surface area contributed by atoms with Crippen molar-refractivity contribution in [2.24, 2.45) is 0 Å². The van der Waals surface area contributed by atoms with Gasteiger partial charge in [0.05, 0.1) is 79.3 Å². The zero-order valence-electron chi connectivity index (χ0n) is 30.2. The Morgan fingerprint density at radius 2 is 1.57 bits per heavy atom. The number of benzene rings is 3. The number of hydrogen-bond acceptors (Lipinski definition) is 14. The van der Waals surface area contributed by atoms with Gasteiger partial charge < -0.3 is 52.5 Å². The number of esters is 1. The molecule has 288 valence electrons. The minimum atomic E-state index is -2.12. The zero-order valence-corrected chi connectivity index (χ0v) is 30.2. The molecule has 6 rings (SSSR count). The molecular formula is C38H42FN3O12. The average Bonchev–Trinajstić information content (AvgIpc) is 3.92. The minimum absolute atomic E-state index is 0.0445. The Morgan fingerprint density at radius 1 is 0.852 bits per heavy atom. The number of aliphatic hydroxyl groups is 1. The van der Waals surface area contributed by atoms with Crippen molar-refractivity contribution in [3.05, 3.63) is 88.8 Å². The lowest BCUT2D eigenvalue weighted by Crippen LogP contribution is -2.29. The molecular weight excluding hydrogens is 709 g/mol. The summed E-state index contributed by atoms with van der Waals surface area (Å²) in [5.74, 6) is -0.204. The molecule has 3 heterocycles. The van der Waals surface area contributed by atoms with Crippen LogP contribution in [0.25, 0.3) is 5.57 Å². The number of carbonyl (C=O) groups excluding carboxylic acids is 1. The van der Waals surface area contributed by atoms with Crippen molar-refractivity contribution in [2.45, 2.75) is 25.4 Å². The lowest BCUT2D eigenvalue weighted by Gasteiger charge is -2.26. The van der Waals surface area contributed by atoms with Crippen LogP contribution in [0, 0.1) is 0 Å². The van der Waals surface area contributed by atoms with E-state index < -0.39 is 18.4 Å². The summed E-state index contributed by atoms with van der Waals surface area (Å²) in [6, 6.07) is 15.2.